The van der Waals surface area contributed by atoms with Crippen molar-refractivity contribution < 1.29 is 23.2 Å². The first kappa shape index (κ1) is 40.3. The lowest BCUT2D eigenvalue weighted by Crippen LogP contribution is -2.47. The third kappa shape index (κ3) is 10.7. The van der Waals surface area contributed by atoms with Crippen molar-refractivity contribution in [1.82, 2.24) is 35.0 Å². The summed E-state index contributed by atoms with van der Waals surface area (Å²) in [7, 11) is 0. The normalized spacial score (nSPS) is 19.3. The summed E-state index contributed by atoms with van der Waals surface area (Å²) in [5.74, 6) is -0.949. The lowest BCUT2D eigenvalue weighted by Gasteiger charge is -2.34. The SMILES string of the molecule is O=C1CCC(Nc2ccc(CCCN3CCN(CCCCCCCCNC(=O)c4cnn5ccc(N6CCCC6c6cc(F)ccc6F)nc45)CC3)cc2)C(=O)N1. The molecule has 304 valence electrons. The Labute approximate surface area is 333 Å². The summed E-state index contributed by atoms with van der Waals surface area (Å²) in [6.07, 6.45) is 14.6. The molecule has 0 aliphatic carbocycles. The molecule has 12 nitrogen and oxygen atoms in total. The van der Waals surface area contributed by atoms with Crippen molar-refractivity contribution in [3.05, 3.63) is 89.2 Å². The van der Waals surface area contributed by atoms with Gasteiger partial charge in [0.05, 0.1) is 12.2 Å². The Morgan fingerprint density at radius 1 is 0.842 bits per heavy atom. The number of piperazine rings is 1. The molecule has 4 aromatic rings. The summed E-state index contributed by atoms with van der Waals surface area (Å²) in [6, 6.07) is 13.0. The molecule has 2 aromatic carbocycles. The van der Waals surface area contributed by atoms with E-state index >= 15 is 0 Å². The van der Waals surface area contributed by atoms with Gasteiger partial charge in [-0.05, 0) is 100.0 Å². The van der Waals surface area contributed by atoms with E-state index in [9.17, 15) is 23.2 Å². The topological polar surface area (TPSA) is 127 Å². The number of aryl methyl sites for hydroxylation is 1. The lowest BCUT2D eigenvalue weighted by atomic mass is 10.0. The number of nitrogens with zero attached hydrogens (tertiary/aromatic N) is 6. The summed E-state index contributed by atoms with van der Waals surface area (Å²) < 4.78 is 30.2. The molecule has 0 bridgehead atoms. The molecule has 3 saturated heterocycles. The first-order chi connectivity index (χ1) is 27.8. The van der Waals surface area contributed by atoms with Gasteiger partial charge in [0.15, 0.2) is 5.65 Å². The molecule has 0 radical (unpaired) electrons. The molecule has 0 spiro atoms. The van der Waals surface area contributed by atoms with E-state index in [1.54, 1.807) is 16.8 Å². The van der Waals surface area contributed by atoms with Crippen molar-refractivity contribution in [1.29, 1.82) is 0 Å². The molecule has 3 amide bonds. The highest BCUT2D eigenvalue weighted by atomic mass is 19.1. The molecule has 3 aliphatic rings. The Kier molecular flexibility index (Phi) is 13.7. The van der Waals surface area contributed by atoms with Gasteiger partial charge in [0.1, 0.15) is 29.1 Å². The minimum atomic E-state index is -0.466. The number of fused-ring (bicyclic) bond motifs is 1. The van der Waals surface area contributed by atoms with Gasteiger partial charge in [-0.1, -0.05) is 37.8 Å². The van der Waals surface area contributed by atoms with E-state index in [1.165, 1.54) is 43.2 Å². The van der Waals surface area contributed by atoms with Gasteiger partial charge >= 0.3 is 0 Å². The fourth-order valence-corrected chi connectivity index (χ4v) is 8.32. The zero-order valence-corrected chi connectivity index (χ0v) is 32.7. The number of halogens is 2. The number of aromatic nitrogens is 3. The smallest absolute Gasteiger partial charge is 0.256 e. The summed E-state index contributed by atoms with van der Waals surface area (Å²) in [6.45, 7) is 7.97. The average Bonchev–Trinajstić information content (AvgIpc) is 3.88. The quantitative estimate of drug-likeness (QED) is 0.0838. The van der Waals surface area contributed by atoms with E-state index in [-0.39, 0.29) is 29.8 Å². The molecule has 2 atom stereocenters. The Bertz CT molecular complexity index is 1980. The highest BCUT2D eigenvalue weighted by molar-refractivity contribution is 6.01. The standard InChI is InChI=1S/C43H55F2N9O3/c44-32-13-16-36(45)34(29-32)38-10-8-23-53(38)39-19-24-54-41(49-39)35(30-47-54)42(56)46-20-5-3-1-2-4-6-21-51-25-27-52(28-26-51)22-7-9-31-11-14-33(15-12-31)48-37-17-18-40(55)50-43(37)57/h11-16,19,24,29-30,37-38,48H,1-10,17-18,20-23,25-28H2,(H,46,56)(H,50,55,57). The zero-order valence-electron chi connectivity index (χ0n) is 32.7. The number of benzene rings is 2. The molecule has 3 N–H and O–H groups in total. The largest absolute Gasteiger partial charge is 0.374 e. The van der Waals surface area contributed by atoms with Crippen LogP contribution in [0.2, 0.25) is 0 Å². The highest BCUT2D eigenvalue weighted by Crippen LogP contribution is 2.37. The molecule has 3 aliphatic heterocycles. The van der Waals surface area contributed by atoms with Crippen molar-refractivity contribution in [2.24, 2.45) is 0 Å². The van der Waals surface area contributed by atoms with Crippen LogP contribution in [0.15, 0.2) is 60.9 Å². The van der Waals surface area contributed by atoms with Gasteiger partial charge in [0.2, 0.25) is 11.8 Å². The maximum absolute atomic E-state index is 14.6. The van der Waals surface area contributed by atoms with Gasteiger partial charge in [0.25, 0.3) is 5.91 Å². The number of nitrogens with one attached hydrogen (secondary N) is 3. The summed E-state index contributed by atoms with van der Waals surface area (Å²) in [5.41, 5.74) is 3.36. The number of imide groups is 1. The number of piperidine rings is 1. The third-order valence-corrected chi connectivity index (χ3v) is 11.6. The van der Waals surface area contributed by atoms with Crippen LogP contribution in [0, 0.1) is 11.6 Å². The molecule has 7 rings (SSSR count). The van der Waals surface area contributed by atoms with Crippen LogP contribution in [0.3, 0.4) is 0 Å². The predicted octanol–water partition coefficient (Wildman–Crippen LogP) is 5.89. The molecule has 0 saturated carbocycles. The van der Waals surface area contributed by atoms with Gasteiger partial charge in [-0.15, -0.1) is 0 Å². The Morgan fingerprint density at radius 2 is 1.58 bits per heavy atom. The predicted molar refractivity (Wildman–Crippen MR) is 216 cm³/mol. The number of unbranched alkanes of at least 4 members (excludes halogenated alkanes) is 5. The van der Waals surface area contributed by atoms with Crippen molar-refractivity contribution in [2.45, 2.75) is 89.1 Å². The maximum Gasteiger partial charge on any atom is 0.256 e. The molecule has 2 unspecified atom stereocenters. The number of anilines is 2. The number of rotatable bonds is 18. The number of carbonyl (C=O) groups is 3. The summed E-state index contributed by atoms with van der Waals surface area (Å²) in [4.78, 5) is 48.4. The maximum atomic E-state index is 14.6. The minimum absolute atomic E-state index is 0.201. The average molecular weight is 784 g/mol. The number of hydrogen-bond acceptors (Lipinski definition) is 9. The van der Waals surface area contributed by atoms with Crippen molar-refractivity contribution in [3.63, 3.8) is 0 Å². The van der Waals surface area contributed by atoms with E-state index in [1.807, 2.05) is 17.0 Å². The van der Waals surface area contributed by atoms with Gasteiger partial charge in [0, 0.05) is 63.1 Å². The van der Waals surface area contributed by atoms with Crippen LogP contribution in [0.25, 0.3) is 5.65 Å². The highest BCUT2D eigenvalue weighted by Gasteiger charge is 2.30. The molecule has 2 aromatic heterocycles. The molecule has 14 heteroatoms. The summed E-state index contributed by atoms with van der Waals surface area (Å²) in [5, 5.41) is 13.0. The number of carbonyl (C=O) groups excluding carboxylic acids is 3. The monoisotopic (exact) mass is 783 g/mol. The van der Waals surface area contributed by atoms with Crippen LogP contribution in [-0.4, -0.2) is 101 Å². The molecule has 57 heavy (non-hydrogen) atoms. The Hall–Kier alpha value is -4.95. The van der Waals surface area contributed by atoms with Crippen molar-refractivity contribution in [2.75, 3.05) is 62.6 Å². The Balaban J connectivity index is 0.727. The molecule has 5 heterocycles. The van der Waals surface area contributed by atoms with Gasteiger partial charge < -0.3 is 25.3 Å². The van der Waals surface area contributed by atoms with Crippen LogP contribution in [0.5, 0.6) is 0 Å². The van der Waals surface area contributed by atoms with Crippen molar-refractivity contribution in [3.8, 4) is 0 Å². The van der Waals surface area contributed by atoms with Crippen molar-refractivity contribution >= 4 is 34.9 Å². The second kappa shape index (κ2) is 19.5. The second-order valence-corrected chi connectivity index (χ2v) is 15.6. The molecular formula is C43H55F2N9O3. The van der Waals surface area contributed by atoms with E-state index in [2.05, 4.69) is 43.0 Å². The van der Waals surface area contributed by atoms with E-state index < -0.39 is 11.6 Å². The second-order valence-electron chi connectivity index (χ2n) is 15.6. The van der Waals surface area contributed by atoms with E-state index in [0.717, 1.165) is 89.5 Å². The van der Waals surface area contributed by atoms with Crippen LogP contribution in [-0.2, 0) is 16.0 Å². The van der Waals surface area contributed by atoms with Gasteiger partial charge in [-0.3, -0.25) is 19.7 Å². The van der Waals surface area contributed by atoms with Crippen LogP contribution >= 0.6 is 0 Å². The van der Waals surface area contributed by atoms with Gasteiger partial charge in [-0.25, -0.2) is 18.3 Å². The fourth-order valence-electron chi connectivity index (χ4n) is 8.32. The third-order valence-electron chi connectivity index (χ3n) is 11.6. The number of hydrogen-bond donors (Lipinski definition) is 3. The van der Waals surface area contributed by atoms with Gasteiger partial charge in [-0.2, -0.15) is 5.10 Å². The first-order valence-electron chi connectivity index (χ1n) is 20.8. The molecular weight excluding hydrogens is 729 g/mol. The van der Waals surface area contributed by atoms with Crippen LogP contribution < -0.4 is 20.9 Å². The Morgan fingerprint density at radius 3 is 2.35 bits per heavy atom. The first-order valence-corrected chi connectivity index (χ1v) is 20.8. The zero-order chi connectivity index (χ0) is 39.6. The van der Waals surface area contributed by atoms with E-state index in [4.69, 9.17) is 4.98 Å². The summed E-state index contributed by atoms with van der Waals surface area (Å²) >= 11 is 0. The minimum Gasteiger partial charge on any atom is -0.374 e. The van der Waals surface area contributed by atoms with E-state index in [0.29, 0.717) is 54.9 Å². The van der Waals surface area contributed by atoms with Crippen LogP contribution in [0.4, 0.5) is 20.3 Å². The molecule has 3 fully saturated rings. The lowest BCUT2D eigenvalue weighted by molar-refractivity contribution is -0.133. The number of amides is 3. The fraction of sp³-hybridized carbons (Fsp3) is 0.512. The van der Waals surface area contributed by atoms with Crippen LogP contribution in [0.1, 0.15) is 98.2 Å².